The highest BCUT2D eigenvalue weighted by Gasteiger charge is 2.78. The van der Waals surface area contributed by atoms with Crippen molar-refractivity contribution in [3.8, 4) is 0 Å². The van der Waals surface area contributed by atoms with E-state index in [0.29, 0.717) is 6.61 Å². The number of hydrogen-bond acceptors (Lipinski definition) is 3. The van der Waals surface area contributed by atoms with Crippen LogP contribution in [-0.4, -0.2) is 18.5 Å². The van der Waals surface area contributed by atoms with Gasteiger partial charge in [0.2, 0.25) is 5.91 Å². The lowest BCUT2D eigenvalue weighted by molar-refractivity contribution is -0.148. The number of cyclic esters (lactones) is 1. The summed E-state index contributed by atoms with van der Waals surface area (Å²) in [5.74, 6) is -1.18. The van der Waals surface area contributed by atoms with E-state index in [-0.39, 0.29) is 11.8 Å². The third-order valence-corrected chi connectivity index (χ3v) is 3.67. The minimum atomic E-state index is -1.08. The maximum Gasteiger partial charge on any atom is 0.322 e. The number of benzene rings is 1. The van der Waals surface area contributed by atoms with Gasteiger partial charge in [0.15, 0.2) is 5.41 Å². The fourth-order valence-corrected chi connectivity index (χ4v) is 2.84. The van der Waals surface area contributed by atoms with Gasteiger partial charge in [-0.2, -0.15) is 0 Å². The van der Waals surface area contributed by atoms with Crippen LogP contribution in [0.3, 0.4) is 0 Å². The number of fused-ring (bicyclic) bond motifs is 1. The summed E-state index contributed by atoms with van der Waals surface area (Å²) in [6.45, 7) is 0.307. The molecule has 1 saturated carbocycles. The average Bonchev–Trinajstić information content (AvgIpc) is 2.86. The second-order valence-electron chi connectivity index (χ2n) is 4.33. The van der Waals surface area contributed by atoms with E-state index in [4.69, 9.17) is 10.5 Å². The summed E-state index contributed by atoms with van der Waals surface area (Å²) in [5, 5.41) is 0. The molecule has 4 heteroatoms. The molecule has 2 N–H and O–H groups in total. The molecule has 1 heterocycles. The summed E-state index contributed by atoms with van der Waals surface area (Å²) in [4.78, 5) is 23.1. The topological polar surface area (TPSA) is 69.4 Å². The highest BCUT2D eigenvalue weighted by molar-refractivity contribution is 6.09. The average molecular weight is 217 g/mol. The van der Waals surface area contributed by atoms with Gasteiger partial charge in [-0.3, -0.25) is 9.59 Å². The van der Waals surface area contributed by atoms with Crippen LogP contribution in [0.15, 0.2) is 30.3 Å². The summed E-state index contributed by atoms with van der Waals surface area (Å²) in [6.07, 6.45) is 0. The number of esters is 1. The minimum absolute atomic E-state index is 0.0695. The molecular weight excluding hydrogens is 206 g/mol. The zero-order valence-electron chi connectivity index (χ0n) is 8.55. The molecule has 0 spiro atoms. The first-order valence-electron chi connectivity index (χ1n) is 5.21. The van der Waals surface area contributed by atoms with Gasteiger partial charge in [0.25, 0.3) is 0 Å². The van der Waals surface area contributed by atoms with Crippen LogP contribution in [0.25, 0.3) is 0 Å². The van der Waals surface area contributed by atoms with Gasteiger partial charge < -0.3 is 10.5 Å². The Balaban J connectivity index is 2.03. The molecule has 82 valence electrons. The largest absolute Gasteiger partial charge is 0.464 e. The van der Waals surface area contributed by atoms with Crippen LogP contribution in [0.1, 0.15) is 11.5 Å². The number of hydrogen-bond donors (Lipinski definition) is 1. The van der Waals surface area contributed by atoms with Gasteiger partial charge in [-0.25, -0.2) is 0 Å². The van der Waals surface area contributed by atoms with E-state index in [1.807, 2.05) is 30.3 Å². The first-order chi connectivity index (χ1) is 7.69. The Kier molecular flexibility index (Phi) is 1.67. The van der Waals surface area contributed by atoms with E-state index < -0.39 is 17.3 Å². The molecule has 2 fully saturated rings. The van der Waals surface area contributed by atoms with E-state index in [2.05, 4.69) is 0 Å². The number of rotatable bonds is 2. The summed E-state index contributed by atoms with van der Waals surface area (Å²) < 4.78 is 4.89. The number of amides is 1. The molecule has 4 nitrogen and oxygen atoms in total. The van der Waals surface area contributed by atoms with Gasteiger partial charge in [0.05, 0.1) is 6.61 Å². The van der Waals surface area contributed by atoms with Crippen molar-refractivity contribution < 1.29 is 14.3 Å². The van der Waals surface area contributed by atoms with Crippen molar-refractivity contribution in [3.63, 3.8) is 0 Å². The van der Waals surface area contributed by atoms with Crippen LogP contribution in [0, 0.1) is 11.3 Å². The third-order valence-electron chi connectivity index (χ3n) is 3.67. The van der Waals surface area contributed by atoms with Crippen LogP contribution in [0.4, 0.5) is 0 Å². The van der Waals surface area contributed by atoms with Gasteiger partial charge in [-0.15, -0.1) is 0 Å². The Hall–Kier alpha value is -1.84. The number of carbonyl (C=O) groups is 2. The van der Waals surface area contributed by atoms with E-state index in [1.165, 1.54) is 0 Å². The highest BCUT2D eigenvalue weighted by atomic mass is 16.5. The summed E-state index contributed by atoms with van der Waals surface area (Å²) in [7, 11) is 0. The second-order valence-corrected chi connectivity index (χ2v) is 4.33. The first-order valence-corrected chi connectivity index (χ1v) is 5.21. The molecule has 0 aromatic heterocycles. The van der Waals surface area contributed by atoms with Crippen molar-refractivity contribution in [2.45, 2.75) is 5.92 Å². The standard InChI is InChI=1S/C12H11NO3/c13-10(14)12-8(6-16-11(12)15)9(12)7-4-2-1-3-5-7/h1-5,8-9H,6H2,(H2,13,14)/t8-,9+,12+/m1/s1. The van der Waals surface area contributed by atoms with E-state index >= 15 is 0 Å². The first kappa shape index (κ1) is 9.39. The Labute approximate surface area is 92.4 Å². The molecule has 3 rings (SSSR count). The van der Waals surface area contributed by atoms with Crippen LogP contribution in [0.5, 0.6) is 0 Å². The number of carbonyl (C=O) groups excluding carboxylic acids is 2. The number of primary amides is 1. The third kappa shape index (κ3) is 0.894. The fraction of sp³-hybridized carbons (Fsp3) is 0.333. The predicted octanol–water partition coefficient (Wildman–Crippen LogP) is 0.428. The molecule has 1 aromatic carbocycles. The molecule has 0 radical (unpaired) electrons. The fourth-order valence-electron chi connectivity index (χ4n) is 2.84. The maximum absolute atomic E-state index is 11.6. The molecule has 2 aliphatic rings. The number of nitrogens with two attached hydrogens (primary N) is 1. The van der Waals surface area contributed by atoms with E-state index in [1.54, 1.807) is 0 Å². The minimum Gasteiger partial charge on any atom is -0.464 e. The zero-order chi connectivity index (χ0) is 11.3. The van der Waals surface area contributed by atoms with Gasteiger partial charge in [0.1, 0.15) is 0 Å². The smallest absolute Gasteiger partial charge is 0.322 e. The molecular formula is C12H11NO3. The summed E-state index contributed by atoms with van der Waals surface area (Å²) in [5.41, 5.74) is 5.26. The Morgan fingerprint density at radius 3 is 2.62 bits per heavy atom. The molecule has 1 saturated heterocycles. The van der Waals surface area contributed by atoms with E-state index in [0.717, 1.165) is 5.56 Å². The second kappa shape index (κ2) is 2.84. The molecule has 0 unspecified atom stereocenters. The lowest BCUT2D eigenvalue weighted by atomic mass is 9.98. The van der Waals surface area contributed by atoms with Crippen molar-refractivity contribution >= 4 is 11.9 Å². The quantitative estimate of drug-likeness (QED) is 0.577. The van der Waals surface area contributed by atoms with Crippen molar-refractivity contribution in [1.82, 2.24) is 0 Å². The predicted molar refractivity (Wildman–Crippen MR) is 55.3 cm³/mol. The molecule has 0 bridgehead atoms. The van der Waals surface area contributed by atoms with Gasteiger partial charge in [0, 0.05) is 11.8 Å². The van der Waals surface area contributed by atoms with Gasteiger partial charge in [-0.05, 0) is 5.56 Å². The normalized spacial score (nSPS) is 35.4. The van der Waals surface area contributed by atoms with Crippen molar-refractivity contribution in [3.05, 3.63) is 35.9 Å². The van der Waals surface area contributed by atoms with Crippen LogP contribution < -0.4 is 5.73 Å². The molecule has 1 aliphatic heterocycles. The van der Waals surface area contributed by atoms with Crippen LogP contribution in [0.2, 0.25) is 0 Å². The van der Waals surface area contributed by atoms with Crippen LogP contribution >= 0.6 is 0 Å². The lowest BCUT2D eigenvalue weighted by Gasteiger charge is -2.09. The molecule has 3 atom stereocenters. The maximum atomic E-state index is 11.6. The van der Waals surface area contributed by atoms with Gasteiger partial charge in [-0.1, -0.05) is 30.3 Å². The highest BCUT2D eigenvalue weighted by Crippen LogP contribution is 2.68. The number of ether oxygens (including phenoxy) is 1. The van der Waals surface area contributed by atoms with Crippen molar-refractivity contribution in [1.29, 1.82) is 0 Å². The molecule has 1 aliphatic carbocycles. The summed E-state index contributed by atoms with van der Waals surface area (Å²) in [6, 6.07) is 9.52. The zero-order valence-corrected chi connectivity index (χ0v) is 8.55. The Bertz CT molecular complexity index is 470. The summed E-state index contributed by atoms with van der Waals surface area (Å²) >= 11 is 0. The Morgan fingerprint density at radius 1 is 1.38 bits per heavy atom. The SMILES string of the molecule is NC(=O)[C@]12C(=O)OC[C@@H]1[C@@H]2c1ccccc1. The van der Waals surface area contributed by atoms with Gasteiger partial charge >= 0.3 is 5.97 Å². The molecule has 16 heavy (non-hydrogen) atoms. The molecule has 1 aromatic rings. The van der Waals surface area contributed by atoms with E-state index in [9.17, 15) is 9.59 Å². The molecule has 1 amide bonds. The van der Waals surface area contributed by atoms with Crippen molar-refractivity contribution in [2.75, 3.05) is 6.61 Å². The Morgan fingerprint density at radius 2 is 2.06 bits per heavy atom. The van der Waals surface area contributed by atoms with Crippen LogP contribution in [-0.2, 0) is 14.3 Å². The monoisotopic (exact) mass is 217 g/mol. The van der Waals surface area contributed by atoms with Crippen molar-refractivity contribution in [2.24, 2.45) is 17.1 Å². The lowest BCUT2D eigenvalue weighted by Crippen LogP contribution is -2.33.